The number of carbonyl (C=O) groups is 2. The number of nitrogens with zero attached hydrogens (tertiary/aromatic N) is 1. The van der Waals surface area contributed by atoms with Crippen LogP contribution in [0.3, 0.4) is 0 Å². The molecule has 1 saturated heterocycles. The zero-order valence-corrected chi connectivity index (χ0v) is 13.6. The first kappa shape index (κ1) is 18.0. The Morgan fingerprint density at radius 2 is 2.05 bits per heavy atom. The summed E-state index contributed by atoms with van der Waals surface area (Å²) in [6.45, 7) is 5.29. The number of amides is 2. The van der Waals surface area contributed by atoms with Crippen molar-refractivity contribution in [3.05, 3.63) is 0 Å². The Labute approximate surface area is 128 Å². The summed E-state index contributed by atoms with van der Waals surface area (Å²) >= 11 is 0. The van der Waals surface area contributed by atoms with Crippen molar-refractivity contribution in [1.82, 2.24) is 10.2 Å². The first-order valence-corrected chi connectivity index (χ1v) is 8.43. The maximum absolute atomic E-state index is 12.5. The highest BCUT2D eigenvalue weighted by Gasteiger charge is 2.32. The second-order valence-electron chi connectivity index (χ2n) is 5.93. The van der Waals surface area contributed by atoms with Gasteiger partial charge in [0.2, 0.25) is 11.8 Å². The summed E-state index contributed by atoms with van der Waals surface area (Å²) in [6, 6.07) is -0.268. The van der Waals surface area contributed by atoms with Crippen molar-refractivity contribution in [2.45, 2.75) is 77.3 Å². The van der Waals surface area contributed by atoms with Gasteiger partial charge in [-0.25, -0.2) is 0 Å². The van der Waals surface area contributed by atoms with Crippen molar-refractivity contribution in [1.29, 1.82) is 0 Å². The third kappa shape index (κ3) is 5.65. The Bertz CT molecular complexity index is 333. The number of nitrogens with one attached hydrogen (secondary N) is 1. The number of carbonyl (C=O) groups excluding carboxylic acids is 2. The molecule has 1 fully saturated rings. The average molecular weight is 297 g/mol. The summed E-state index contributed by atoms with van der Waals surface area (Å²) in [7, 11) is 0. The van der Waals surface area contributed by atoms with Gasteiger partial charge in [0.05, 0.1) is 0 Å². The molecule has 0 aromatic rings. The minimum atomic E-state index is -0.298. The highest BCUT2D eigenvalue weighted by molar-refractivity contribution is 5.88. The van der Waals surface area contributed by atoms with Crippen LogP contribution >= 0.6 is 0 Å². The predicted octanol–water partition coefficient (Wildman–Crippen LogP) is 1.80. The van der Waals surface area contributed by atoms with Crippen molar-refractivity contribution >= 4 is 11.8 Å². The lowest BCUT2D eigenvalue weighted by Crippen LogP contribution is -2.54. The molecule has 0 bridgehead atoms. The van der Waals surface area contributed by atoms with Crippen LogP contribution in [-0.2, 0) is 9.59 Å². The van der Waals surface area contributed by atoms with Crippen LogP contribution < -0.4 is 11.1 Å². The summed E-state index contributed by atoms with van der Waals surface area (Å²) in [5.74, 6) is 0.0842. The standard InChI is InChI=1S/C16H31N3O2/c1-3-5-9-13(12-17)18-16(21)14-10-6-7-11-19(14)15(20)8-4-2/h13-14H,3-12,17H2,1-2H3,(H,18,21). The smallest absolute Gasteiger partial charge is 0.243 e. The molecule has 0 spiro atoms. The van der Waals surface area contributed by atoms with Gasteiger partial charge in [-0.3, -0.25) is 9.59 Å². The number of rotatable bonds is 8. The molecule has 3 N–H and O–H groups in total. The monoisotopic (exact) mass is 297 g/mol. The van der Waals surface area contributed by atoms with Gasteiger partial charge in [-0.05, 0) is 32.1 Å². The molecule has 2 amide bonds. The van der Waals surface area contributed by atoms with Gasteiger partial charge in [0.25, 0.3) is 0 Å². The van der Waals surface area contributed by atoms with Crippen LogP contribution in [0.15, 0.2) is 0 Å². The van der Waals surface area contributed by atoms with E-state index in [1.165, 1.54) is 0 Å². The topological polar surface area (TPSA) is 75.4 Å². The molecular weight excluding hydrogens is 266 g/mol. The second kappa shape index (κ2) is 9.77. The highest BCUT2D eigenvalue weighted by atomic mass is 16.2. The summed E-state index contributed by atoms with van der Waals surface area (Å²) < 4.78 is 0. The molecule has 1 aliphatic rings. The number of unbranched alkanes of at least 4 members (excludes halogenated alkanes) is 1. The number of hydrogen-bond acceptors (Lipinski definition) is 3. The van der Waals surface area contributed by atoms with Crippen LogP contribution in [0.5, 0.6) is 0 Å². The lowest BCUT2D eigenvalue weighted by atomic mass is 9.99. The fourth-order valence-corrected chi connectivity index (χ4v) is 2.86. The molecule has 0 radical (unpaired) electrons. The molecule has 0 aromatic carbocycles. The maximum Gasteiger partial charge on any atom is 0.243 e. The van der Waals surface area contributed by atoms with Crippen molar-refractivity contribution in [3.63, 3.8) is 0 Å². The van der Waals surface area contributed by atoms with E-state index >= 15 is 0 Å². The molecule has 2 atom stereocenters. The van der Waals surface area contributed by atoms with E-state index in [0.717, 1.165) is 44.9 Å². The van der Waals surface area contributed by atoms with Gasteiger partial charge in [-0.1, -0.05) is 26.7 Å². The zero-order chi connectivity index (χ0) is 15.7. The van der Waals surface area contributed by atoms with Gasteiger partial charge in [-0.15, -0.1) is 0 Å². The van der Waals surface area contributed by atoms with E-state index in [1.807, 2.05) is 6.92 Å². The quantitative estimate of drug-likeness (QED) is 0.717. The van der Waals surface area contributed by atoms with E-state index in [-0.39, 0.29) is 23.9 Å². The molecular formula is C16H31N3O2. The van der Waals surface area contributed by atoms with E-state index in [0.29, 0.717) is 19.5 Å². The molecule has 21 heavy (non-hydrogen) atoms. The Balaban J connectivity index is 2.61. The number of hydrogen-bond donors (Lipinski definition) is 2. The molecule has 122 valence electrons. The van der Waals surface area contributed by atoms with Gasteiger partial charge in [-0.2, -0.15) is 0 Å². The zero-order valence-electron chi connectivity index (χ0n) is 13.6. The van der Waals surface area contributed by atoms with Crippen LogP contribution in [0.2, 0.25) is 0 Å². The largest absolute Gasteiger partial charge is 0.350 e. The lowest BCUT2D eigenvalue weighted by Gasteiger charge is -2.35. The van der Waals surface area contributed by atoms with Gasteiger partial charge >= 0.3 is 0 Å². The minimum Gasteiger partial charge on any atom is -0.350 e. The lowest BCUT2D eigenvalue weighted by molar-refractivity contribution is -0.142. The molecule has 1 aliphatic heterocycles. The second-order valence-corrected chi connectivity index (χ2v) is 5.93. The van der Waals surface area contributed by atoms with Crippen LogP contribution in [0.4, 0.5) is 0 Å². The summed E-state index contributed by atoms with van der Waals surface area (Å²) in [6.07, 6.45) is 7.19. The Morgan fingerprint density at radius 3 is 2.67 bits per heavy atom. The van der Waals surface area contributed by atoms with Gasteiger partial charge in [0.1, 0.15) is 6.04 Å². The fraction of sp³-hybridized carbons (Fsp3) is 0.875. The molecule has 1 rings (SSSR count). The highest BCUT2D eigenvalue weighted by Crippen LogP contribution is 2.19. The SMILES string of the molecule is CCCCC(CN)NC(=O)C1CCCCN1C(=O)CCC. The molecule has 0 saturated carbocycles. The molecule has 0 aromatic heterocycles. The maximum atomic E-state index is 12.5. The minimum absolute atomic E-state index is 0.0225. The van der Waals surface area contributed by atoms with Crippen LogP contribution in [0, 0.1) is 0 Å². The van der Waals surface area contributed by atoms with Gasteiger partial charge in [0, 0.05) is 25.6 Å². The Morgan fingerprint density at radius 1 is 1.29 bits per heavy atom. The van der Waals surface area contributed by atoms with E-state index in [9.17, 15) is 9.59 Å². The molecule has 5 nitrogen and oxygen atoms in total. The summed E-state index contributed by atoms with van der Waals surface area (Å²) in [5.41, 5.74) is 5.74. The Hall–Kier alpha value is -1.10. The van der Waals surface area contributed by atoms with Crippen LogP contribution in [-0.4, -0.2) is 41.9 Å². The third-order valence-electron chi connectivity index (χ3n) is 4.13. The average Bonchev–Trinajstić information content (AvgIpc) is 2.51. The van der Waals surface area contributed by atoms with Gasteiger partial charge < -0.3 is 16.0 Å². The van der Waals surface area contributed by atoms with Crippen LogP contribution in [0.25, 0.3) is 0 Å². The first-order valence-electron chi connectivity index (χ1n) is 8.43. The Kier molecular flexibility index (Phi) is 8.35. The van der Waals surface area contributed by atoms with Crippen molar-refractivity contribution in [3.8, 4) is 0 Å². The van der Waals surface area contributed by atoms with E-state index < -0.39 is 0 Å². The van der Waals surface area contributed by atoms with E-state index in [2.05, 4.69) is 12.2 Å². The summed E-state index contributed by atoms with van der Waals surface area (Å²) in [5, 5.41) is 3.04. The van der Waals surface area contributed by atoms with Crippen molar-refractivity contribution in [2.75, 3.05) is 13.1 Å². The number of likely N-dealkylation sites (tertiary alicyclic amines) is 1. The summed E-state index contributed by atoms with van der Waals surface area (Å²) in [4.78, 5) is 26.4. The van der Waals surface area contributed by atoms with E-state index in [4.69, 9.17) is 5.73 Å². The van der Waals surface area contributed by atoms with E-state index in [1.54, 1.807) is 4.90 Å². The predicted molar refractivity (Wildman–Crippen MR) is 84.8 cm³/mol. The number of piperidine rings is 1. The molecule has 2 unspecified atom stereocenters. The van der Waals surface area contributed by atoms with Crippen LogP contribution in [0.1, 0.15) is 65.2 Å². The number of nitrogens with two attached hydrogens (primary N) is 1. The third-order valence-corrected chi connectivity index (χ3v) is 4.13. The molecule has 1 heterocycles. The molecule has 5 heteroatoms. The normalized spacial score (nSPS) is 20.1. The van der Waals surface area contributed by atoms with Crippen molar-refractivity contribution in [2.24, 2.45) is 5.73 Å². The molecule has 0 aliphatic carbocycles. The fourth-order valence-electron chi connectivity index (χ4n) is 2.86. The van der Waals surface area contributed by atoms with Crippen molar-refractivity contribution < 1.29 is 9.59 Å². The first-order chi connectivity index (χ1) is 10.1. The van der Waals surface area contributed by atoms with Gasteiger partial charge in [0.15, 0.2) is 0 Å².